The first-order valence-electron chi connectivity index (χ1n) is 10.3. The molecule has 10 heteroatoms. The van der Waals surface area contributed by atoms with Crippen LogP contribution in [0.5, 0.6) is 0 Å². The Labute approximate surface area is 199 Å². The summed E-state index contributed by atoms with van der Waals surface area (Å²) in [5, 5.41) is -0.492. The Hall–Kier alpha value is -2.59. The predicted octanol–water partition coefficient (Wildman–Crippen LogP) is 3.82. The van der Waals surface area contributed by atoms with Crippen molar-refractivity contribution in [2.24, 2.45) is 0 Å². The van der Waals surface area contributed by atoms with Crippen LogP contribution in [0.2, 0.25) is 5.02 Å². The summed E-state index contributed by atoms with van der Waals surface area (Å²) in [6.45, 7) is 0.804. The van der Waals surface area contributed by atoms with Gasteiger partial charge in [0.15, 0.2) is 6.17 Å². The maximum atomic E-state index is 15.6. The number of ether oxygens (including phenoxy) is 2. The van der Waals surface area contributed by atoms with Crippen molar-refractivity contribution in [3.63, 3.8) is 0 Å². The highest BCUT2D eigenvalue weighted by Gasteiger charge is 2.47. The summed E-state index contributed by atoms with van der Waals surface area (Å²) in [5.74, 6) is 0.0913. The van der Waals surface area contributed by atoms with Gasteiger partial charge in [0.05, 0.1) is 25.1 Å². The number of halogens is 2. The van der Waals surface area contributed by atoms with Gasteiger partial charge in [-0.1, -0.05) is 35.9 Å². The lowest BCUT2D eigenvalue weighted by molar-refractivity contribution is -0.0262. The summed E-state index contributed by atoms with van der Waals surface area (Å²) in [6, 6.07) is 16.0. The standard InChI is InChI=1S/C23H24ClFN4O3S/c24-16-5-1-14(2-6-16)11-31-13-18-21(32-12-15-3-7-17(26)8-4-15)20(25)22(33-18)29-10-9-19(27)28-23(29)30/h1-10,18,20-22H,11-13,26H2,(H2,27,28,30)/t18-,20+,21-,22?/m1/s1. The van der Waals surface area contributed by atoms with Gasteiger partial charge < -0.3 is 20.9 Å². The molecule has 1 unspecified atom stereocenters. The topological polar surface area (TPSA) is 105 Å². The second-order valence-electron chi connectivity index (χ2n) is 7.71. The average molecular weight is 491 g/mol. The molecule has 4 atom stereocenters. The molecule has 1 fully saturated rings. The second-order valence-corrected chi connectivity index (χ2v) is 9.51. The molecule has 1 aliphatic heterocycles. The Morgan fingerprint density at radius 1 is 1.03 bits per heavy atom. The third kappa shape index (κ3) is 5.86. The molecule has 0 radical (unpaired) electrons. The first-order chi connectivity index (χ1) is 15.9. The molecular formula is C23H24ClFN4O3S. The number of rotatable bonds is 8. The highest BCUT2D eigenvalue weighted by molar-refractivity contribution is 8.00. The van der Waals surface area contributed by atoms with E-state index in [4.69, 9.17) is 32.5 Å². The fraction of sp³-hybridized carbons (Fsp3) is 0.304. The van der Waals surface area contributed by atoms with E-state index < -0.39 is 23.3 Å². The van der Waals surface area contributed by atoms with Crippen LogP contribution in [0.15, 0.2) is 65.6 Å². The molecule has 174 valence electrons. The number of alkyl halides is 1. The molecule has 4 N–H and O–H groups in total. The van der Waals surface area contributed by atoms with E-state index in [9.17, 15) is 4.79 Å². The molecule has 2 heterocycles. The number of hydrogen-bond acceptors (Lipinski definition) is 7. The molecule has 1 aromatic heterocycles. The molecule has 0 saturated carbocycles. The fourth-order valence-electron chi connectivity index (χ4n) is 3.55. The molecule has 0 aliphatic carbocycles. The number of thioether (sulfide) groups is 1. The van der Waals surface area contributed by atoms with Gasteiger partial charge in [-0.25, -0.2) is 9.18 Å². The van der Waals surface area contributed by atoms with Crippen molar-refractivity contribution in [3.8, 4) is 0 Å². The lowest BCUT2D eigenvalue weighted by atomic mass is 10.1. The molecule has 2 aromatic carbocycles. The molecule has 33 heavy (non-hydrogen) atoms. The van der Waals surface area contributed by atoms with Gasteiger partial charge in [0.1, 0.15) is 17.3 Å². The zero-order valence-corrected chi connectivity index (χ0v) is 19.2. The maximum absolute atomic E-state index is 15.6. The normalized spacial score (nSPS) is 22.5. The summed E-state index contributed by atoms with van der Waals surface area (Å²) in [6.07, 6.45) is -0.772. The van der Waals surface area contributed by atoms with E-state index in [0.717, 1.165) is 11.1 Å². The van der Waals surface area contributed by atoms with E-state index in [0.29, 0.717) is 17.3 Å². The maximum Gasteiger partial charge on any atom is 0.350 e. The Morgan fingerprint density at radius 2 is 1.70 bits per heavy atom. The van der Waals surface area contributed by atoms with Gasteiger partial charge in [-0.15, -0.1) is 11.8 Å². The number of nitrogens with two attached hydrogens (primary N) is 2. The highest BCUT2D eigenvalue weighted by Crippen LogP contribution is 2.45. The van der Waals surface area contributed by atoms with E-state index in [1.165, 1.54) is 28.6 Å². The largest absolute Gasteiger partial charge is 0.399 e. The van der Waals surface area contributed by atoms with Gasteiger partial charge in [-0.2, -0.15) is 4.98 Å². The minimum Gasteiger partial charge on any atom is -0.399 e. The van der Waals surface area contributed by atoms with Crippen LogP contribution in [0, 0.1) is 0 Å². The van der Waals surface area contributed by atoms with Crippen LogP contribution in [0.25, 0.3) is 0 Å². The minimum atomic E-state index is -1.45. The SMILES string of the molecule is Nc1ccc(CO[C@H]2[C@H](F)C(n3ccc(N)nc3=O)S[C@@H]2COCc2ccc(Cl)cc2)cc1. The molecule has 0 amide bonds. The number of anilines is 2. The number of aromatic nitrogens is 2. The van der Waals surface area contributed by atoms with Crippen LogP contribution in [0.3, 0.4) is 0 Å². The van der Waals surface area contributed by atoms with Gasteiger partial charge in [-0.05, 0) is 41.5 Å². The summed E-state index contributed by atoms with van der Waals surface area (Å²) < 4.78 is 28.7. The van der Waals surface area contributed by atoms with Gasteiger partial charge in [0.2, 0.25) is 0 Å². The molecule has 1 saturated heterocycles. The monoisotopic (exact) mass is 490 g/mol. The number of nitrogens with zero attached hydrogens (tertiary/aromatic N) is 2. The third-order valence-electron chi connectivity index (χ3n) is 5.28. The van der Waals surface area contributed by atoms with Crippen molar-refractivity contribution >= 4 is 34.9 Å². The van der Waals surface area contributed by atoms with Crippen LogP contribution < -0.4 is 17.2 Å². The Kier molecular flexibility index (Phi) is 7.54. The van der Waals surface area contributed by atoms with Crippen molar-refractivity contribution < 1.29 is 13.9 Å². The van der Waals surface area contributed by atoms with E-state index in [1.54, 1.807) is 24.3 Å². The molecule has 7 nitrogen and oxygen atoms in total. The number of benzene rings is 2. The molecule has 3 aromatic rings. The quantitative estimate of drug-likeness (QED) is 0.462. The first kappa shape index (κ1) is 23.6. The lowest BCUT2D eigenvalue weighted by Crippen LogP contribution is -2.35. The Balaban J connectivity index is 1.47. The van der Waals surface area contributed by atoms with Gasteiger partial charge in [0.25, 0.3) is 0 Å². The molecule has 0 spiro atoms. The van der Waals surface area contributed by atoms with Crippen molar-refractivity contribution in [1.82, 2.24) is 9.55 Å². The van der Waals surface area contributed by atoms with Crippen molar-refractivity contribution in [3.05, 3.63) is 87.4 Å². The number of nitrogen functional groups attached to an aromatic ring is 2. The Bertz CT molecular complexity index is 1130. The highest BCUT2D eigenvalue weighted by atomic mass is 35.5. The van der Waals surface area contributed by atoms with Crippen molar-refractivity contribution in [2.75, 3.05) is 18.1 Å². The average Bonchev–Trinajstić information content (AvgIpc) is 3.10. The molecular weight excluding hydrogens is 467 g/mol. The molecule has 0 bridgehead atoms. The minimum absolute atomic E-state index is 0.0913. The number of hydrogen-bond donors (Lipinski definition) is 2. The van der Waals surface area contributed by atoms with Crippen molar-refractivity contribution in [1.29, 1.82) is 0 Å². The summed E-state index contributed by atoms with van der Waals surface area (Å²) in [5.41, 5.74) is 13.2. The zero-order chi connectivity index (χ0) is 23.4. The second kappa shape index (κ2) is 10.6. The van der Waals surface area contributed by atoms with Gasteiger partial charge in [-0.3, -0.25) is 4.57 Å². The molecule has 4 rings (SSSR count). The van der Waals surface area contributed by atoms with E-state index in [2.05, 4.69) is 4.98 Å². The summed E-state index contributed by atoms with van der Waals surface area (Å²) in [4.78, 5) is 16.0. The molecule has 1 aliphatic rings. The van der Waals surface area contributed by atoms with Crippen LogP contribution in [-0.2, 0) is 22.7 Å². The van der Waals surface area contributed by atoms with E-state index in [1.807, 2.05) is 24.3 Å². The van der Waals surface area contributed by atoms with Gasteiger partial charge >= 0.3 is 5.69 Å². The third-order valence-corrected chi connectivity index (χ3v) is 7.05. The summed E-state index contributed by atoms with van der Waals surface area (Å²) in [7, 11) is 0. The van der Waals surface area contributed by atoms with Crippen LogP contribution in [-0.4, -0.2) is 33.7 Å². The smallest absolute Gasteiger partial charge is 0.350 e. The summed E-state index contributed by atoms with van der Waals surface area (Å²) >= 11 is 7.22. The zero-order valence-electron chi connectivity index (χ0n) is 17.6. The van der Waals surface area contributed by atoms with E-state index in [-0.39, 0.29) is 24.3 Å². The van der Waals surface area contributed by atoms with Crippen LogP contribution >= 0.6 is 23.4 Å². The lowest BCUT2D eigenvalue weighted by Gasteiger charge is -2.21. The van der Waals surface area contributed by atoms with Gasteiger partial charge in [0, 0.05) is 16.9 Å². The fourth-order valence-corrected chi connectivity index (χ4v) is 5.19. The Morgan fingerprint density at radius 3 is 2.39 bits per heavy atom. The van der Waals surface area contributed by atoms with Crippen molar-refractivity contribution in [2.45, 2.75) is 36.1 Å². The first-order valence-corrected chi connectivity index (χ1v) is 11.6. The van der Waals surface area contributed by atoms with E-state index >= 15 is 4.39 Å². The van der Waals surface area contributed by atoms with Crippen LogP contribution in [0.4, 0.5) is 15.9 Å². The van der Waals surface area contributed by atoms with Crippen LogP contribution in [0.1, 0.15) is 16.5 Å². The predicted molar refractivity (Wildman–Crippen MR) is 129 cm³/mol.